The number of rotatable bonds is 4. The summed E-state index contributed by atoms with van der Waals surface area (Å²) in [4.78, 5) is 15.3. The summed E-state index contributed by atoms with van der Waals surface area (Å²) in [7, 11) is 0. The summed E-state index contributed by atoms with van der Waals surface area (Å²) in [6.45, 7) is 0. The molecule has 0 radical (unpaired) electrons. The molecule has 0 fully saturated rings. The van der Waals surface area contributed by atoms with Gasteiger partial charge < -0.3 is 5.11 Å². The molecule has 2 aromatic carbocycles. The molecule has 1 heterocycles. The Kier molecular flexibility index (Phi) is 3.79. The summed E-state index contributed by atoms with van der Waals surface area (Å²) < 4.78 is 0. The molecule has 21 heavy (non-hydrogen) atoms. The number of benzene rings is 2. The Morgan fingerprint density at radius 1 is 0.952 bits per heavy atom. The third-order valence-electron chi connectivity index (χ3n) is 3.25. The van der Waals surface area contributed by atoms with Crippen LogP contribution < -0.4 is 0 Å². The van der Waals surface area contributed by atoms with Crippen LogP contribution in [-0.4, -0.2) is 16.1 Å². The van der Waals surface area contributed by atoms with Gasteiger partial charge in [0.1, 0.15) is 5.01 Å². The molecule has 0 aliphatic rings. The van der Waals surface area contributed by atoms with E-state index in [9.17, 15) is 4.79 Å². The lowest BCUT2D eigenvalue weighted by atomic mass is 9.92. The number of carboxylic acids is 1. The van der Waals surface area contributed by atoms with Crippen molar-refractivity contribution in [3.05, 3.63) is 87.9 Å². The van der Waals surface area contributed by atoms with Crippen LogP contribution in [-0.2, 0) is 0 Å². The minimum atomic E-state index is -0.989. The minimum Gasteiger partial charge on any atom is -0.476 e. The molecule has 0 amide bonds. The number of carbonyl (C=O) groups is 1. The highest BCUT2D eigenvalue weighted by molar-refractivity contribution is 7.10. The molecule has 4 heteroatoms. The fraction of sp³-hybridized carbons (Fsp3) is 0.0588. The van der Waals surface area contributed by atoms with Crippen LogP contribution in [0.3, 0.4) is 0 Å². The van der Waals surface area contributed by atoms with E-state index in [-0.39, 0.29) is 11.6 Å². The molecule has 0 spiro atoms. The number of carboxylic acid groups (broad SMARTS) is 1. The van der Waals surface area contributed by atoms with Gasteiger partial charge in [0, 0.05) is 5.38 Å². The van der Waals surface area contributed by atoms with E-state index < -0.39 is 5.97 Å². The number of hydrogen-bond acceptors (Lipinski definition) is 3. The average Bonchev–Trinajstić information content (AvgIpc) is 3.00. The Hall–Kier alpha value is -2.46. The van der Waals surface area contributed by atoms with Crippen LogP contribution in [0.15, 0.2) is 66.0 Å². The SMILES string of the molecule is O=C(O)c1csc(C(c2ccccc2)c2ccccc2)n1. The van der Waals surface area contributed by atoms with Gasteiger partial charge in [-0.1, -0.05) is 60.7 Å². The van der Waals surface area contributed by atoms with Gasteiger partial charge in [0.2, 0.25) is 0 Å². The maximum atomic E-state index is 11.1. The number of aromatic nitrogens is 1. The Bertz CT molecular complexity index is 698. The van der Waals surface area contributed by atoms with Crippen molar-refractivity contribution in [2.75, 3.05) is 0 Å². The van der Waals surface area contributed by atoms with Crippen molar-refractivity contribution in [2.24, 2.45) is 0 Å². The highest BCUT2D eigenvalue weighted by Crippen LogP contribution is 2.33. The number of nitrogens with zero attached hydrogens (tertiary/aromatic N) is 1. The van der Waals surface area contributed by atoms with Crippen molar-refractivity contribution in [2.45, 2.75) is 5.92 Å². The summed E-state index contributed by atoms with van der Waals surface area (Å²) in [6.07, 6.45) is 0. The van der Waals surface area contributed by atoms with E-state index in [0.29, 0.717) is 0 Å². The highest BCUT2D eigenvalue weighted by Gasteiger charge is 2.21. The van der Waals surface area contributed by atoms with Crippen molar-refractivity contribution in [1.29, 1.82) is 0 Å². The molecule has 3 nitrogen and oxygen atoms in total. The lowest BCUT2D eigenvalue weighted by Crippen LogP contribution is -2.04. The lowest BCUT2D eigenvalue weighted by Gasteiger charge is -2.15. The smallest absolute Gasteiger partial charge is 0.355 e. The Morgan fingerprint density at radius 2 is 1.48 bits per heavy atom. The van der Waals surface area contributed by atoms with Gasteiger partial charge in [0.15, 0.2) is 5.69 Å². The van der Waals surface area contributed by atoms with E-state index in [2.05, 4.69) is 4.98 Å². The first kappa shape index (κ1) is 13.5. The van der Waals surface area contributed by atoms with Crippen LogP contribution in [0.25, 0.3) is 0 Å². The van der Waals surface area contributed by atoms with Gasteiger partial charge >= 0.3 is 5.97 Å². The van der Waals surface area contributed by atoms with E-state index >= 15 is 0 Å². The average molecular weight is 295 g/mol. The minimum absolute atomic E-state index is 0.0366. The zero-order chi connectivity index (χ0) is 14.7. The number of thiazole rings is 1. The van der Waals surface area contributed by atoms with E-state index in [4.69, 9.17) is 5.11 Å². The van der Waals surface area contributed by atoms with Gasteiger partial charge in [-0.25, -0.2) is 9.78 Å². The van der Waals surface area contributed by atoms with E-state index in [0.717, 1.165) is 16.1 Å². The summed E-state index contributed by atoms with van der Waals surface area (Å²) >= 11 is 1.38. The number of hydrogen-bond donors (Lipinski definition) is 1. The first-order chi connectivity index (χ1) is 10.3. The van der Waals surface area contributed by atoms with Gasteiger partial charge in [-0.05, 0) is 11.1 Å². The molecule has 104 valence electrons. The summed E-state index contributed by atoms with van der Waals surface area (Å²) in [5, 5.41) is 11.5. The zero-order valence-corrected chi connectivity index (χ0v) is 12.0. The van der Waals surface area contributed by atoms with E-state index in [1.54, 1.807) is 5.38 Å². The molecule has 1 N–H and O–H groups in total. The van der Waals surface area contributed by atoms with Crippen LogP contribution in [0, 0.1) is 0 Å². The van der Waals surface area contributed by atoms with Crippen LogP contribution >= 0.6 is 11.3 Å². The summed E-state index contributed by atoms with van der Waals surface area (Å²) in [5.41, 5.74) is 2.32. The predicted molar refractivity (Wildman–Crippen MR) is 82.9 cm³/mol. The van der Waals surface area contributed by atoms with Crippen molar-refractivity contribution in [3.8, 4) is 0 Å². The Labute approximate surface area is 126 Å². The van der Waals surface area contributed by atoms with Gasteiger partial charge in [-0.3, -0.25) is 0 Å². The first-order valence-electron chi connectivity index (χ1n) is 6.54. The first-order valence-corrected chi connectivity index (χ1v) is 7.42. The second-order valence-corrected chi connectivity index (χ2v) is 5.52. The van der Waals surface area contributed by atoms with Crippen molar-refractivity contribution >= 4 is 17.3 Å². The second-order valence-electron chi connectivity index (χ2n) is 4.63. The fourth-order valence-corrected chi connectivity index (χ4v) is 3.23. The molecular weight excluding hydrogens is 282 g/mol. The normalized spacial score (nSPS) is 10.7. The van der Waals surface area contributed by atoms with Gasteiger partial charge in [0.05, 0.1) is 5.92 Å². The zero-order valence-electron chi connectivity index (χ0n) is 11.1. The summed E-state index contributed by atoms with van der Waals surface area (Å²) in [6, 6.07) is 20.0. The number of aromatic carboxylic acids is 1. The predicted octanol–water partition coefficient (Wildman–Crippen LogP) is 4.02. The molecule has 0 saturated carbocycles. The summed E-state index contributed by atoms with van der Waals surface area (Å²) in [5.74, 6) is -1.03. The van der Waals surface area contributed by atoms with Crippen LogP contribution in [0.2, 0.25) is 0 Å². The van der Waals surface area contributed by atoms with Crippen molar-refractivity contribution in [3.63, 3.8) is 0 Å². The van der Waals surface area contributed by atoms with Crippen LogP contribution in [0.5, 0.6) is 0 Å². The molecule has 3 aromatic rings. The van der Waals surface area contributed by atoms with Crippen molar-refractivity contribution in [1.82, 2.24) is 4.98 Å². The third kappa shape index (κ3) is 2.85. The maximum absolute atomic E-state index is 11.1. The molecular formula is C17H13NO2S. The Morgan fingerprint density at radius 3 is 1.90 bits per heavy atom. The molecule has 0 aliphatic carbocycles. The maximum Gasteiger partial charge on any atom is 0.355 e. The molecule has 0 aliphatic heterocycles. The highest BCUT2D eigenvalue weighted by atomic mass is 32.1. The molecule has 1 aromatic heterocycles. The fourth-order valence-electron chi connectivity index (χ4n) is 2.29. The van der Waals surface area contributed by atoms with E-state index in [1.807, 2.05) is 60.7 Å². The monoisotopic (exact) mass is 295 g/mol. The van der Waals surface area contributed by atoms with Gasteiger partial charge in [-0.15, -0.1) is 11.3 Å². The quantitative estimate of drug-likeness (QED) is 0.791. The van der Waals surface area contributed by atoms with Crippen molar-refractivity contribution < 1.29 is 9.90 Å². The molecule has 3 rings (SSSR count). The molecule has 0 unspecified atom stereocenters. The van der Waals surface area contributed by atoms with Gasteiger partial charge in [0.25, 0.3) is 0 Å². The standard InChI is InChI=1S/C17H13NO2S/c19-17(20)14-11-21-16(18-14)15(12-7-3-1-4-8-12)13-9-5-2-6-10-13/h1-11,15H,(H,19,20). The van der Waals surface area contributed by atoms with Crippen LogP contribution in [0.4, 0.5) is 0 Å². The molecule has 0 saturated heterocycles. The van der Waals surface area contributed by atoms with Crippen LogP contribution in [0.1, 0.15) is 32.5 Å². The topological polar surface area (TPSA) is 50.2 Å². The second kappa shape index (κ2) is 5.89. The van der Waals surface area contributed by atoms with E-state index in [1.165, 1.54) is 11.3 Å². The lowest BCUT2D eigenvalue weighted by molar-refractivity contribution is 0.0691. The van der Waals surface area contributed by atoms with Gasteiger partial charge in [-0.2, -0.15) is 0 Å². The molecule has 0 bridgehead atoms. The third-order valence-corrected chi connectivity index (χ3v) is 4.16. The molecule has 0 atom stereocenters. The largest absolute Gasteiger partial charge is 0.476 e. The Balaban J connectivity index is 2.10.